The van der Waals surface area contributed by atoms with Crippen LogP contribution in [0.2, 0.25) is 0 Å². The summed E-state index contributed by atoms with van der Waals surface area (Å²) in [6.45, 7) is 2.45. The van der Waals surface area contributed by atoms with Gasteiger partial charge >= 0.3 is 0 Å². The van der Waals surface area contributed by atoms with E-state index in [9.17, 15) is 4.79 Å². The van der Waals surface area contributed by atoms with Crippen LogP contribution in [0.4, 0.5) is 0 Å². The van der Waals surface area contributed by atoms with E-state index in [1.807, 2.05) is 42.9 Å². The molecule has 1 amide bonds. The number of aryl methyl sites for hydroxylation is 1. The van der Waals surface area contributed by atoms with Gasteiger partial charge in [0.05, 0.1) is 0 Å². The summed E-state index contributed by atoms with van der Waals surface area (Å²) in [5.74, 6) is 0.796. The summed E-state index contributed by atoms with van der Waals surface area (Å²) in [7, 11) is 1.95. The van der Waals surface area contributed by atoms with Crippen molar-refractivity contribution in [3.63, 3.8) is 0 Å². The molecule has 3 aromatic heterocycles. The van der Waals surface area contributed by atoms with Crippen LogP contribution in [0.25, 0.3) is 22.4 Å². The number of hydrogen-bond donors (Lipinski definition) is 1. The molecule has 20 heavy (non-hydrogen) atoms. The van der Waals surface area contributed by atoms with Gasteiger partial charge in [-0.05, 0) is 31.2 Å². The molecule has 0 fully saturated rings. The SMILES string of the molecule is CCNC(=O)c1ccc(-c2ccnc3c2ccn3C)o1. The van der Waals surface area contributed by atoms with Crippen molar-refractivity contribution in [2.45, 2.75) is 6.92 Å². The molecular weight excluding hydrogens is 254 g/mol. The van der Waals surface area contributed by atoms with Gasteiger partial charge in [0.15, 0.2) is 5.76 Å². The molecule has 0 aliphatic heterocycles. The first kappa shape index (κ1) is 12.5. The fourth-order valence-corrected chi connectivity index (χ4v) is 2.23. The Kier molecular flexibility index (Phi) is 3.02. The van der Waals surface area contributed by atoms with Gasteiger partial charge in [-0.25, -0.2) is 4.98 Å². The van der Waals surface area contributed by atoms with E-state index < -0.39 is 0 Å². The number of carbonyl (C=O) groups is 1. The molecule has 1 N–H and O–H groups in total. The lowest BCUT2D eigenvalue weighted by atomic mass is 10.1. The van der Waals surface area contributed by atoms with E-state index in [1.54, 1.807) is 12.3 Å². The summed E-state index contributed by atoms with van der Waals surface area (Å²) >= 11 is 0. The minimum atomic E-state index is -0.197. The maximum absolute atomic E-state index is 11.7. The number of carbonyl (C=O) groups excluding carboxylic acids is 1. The maximum atomic E-state index is 11.7. The fraction of sp³-hybridized carbons (Fsp3) is 0.200. The predicted octanol–water partition coefficient (Wildman–Crippen LogP) is 2.58. The number of furan rings is 1. The molecule has 0 radical (unpaired) electrons. The first-order valence-electron chi connectivity index (χ1n) is 6.49. The number of pyridine rings is 1. The van der Waals surface area contributed by atoms with Crippen molar-refractivity contribution in [3.05, 3.63) is 42.4 Å². The molecule has 0 unspecified atom stereocenters. The van der Waals surface area contributed by atoms with Crippen LogP contribution in [-0.4, -0.2) is 22.0 Å². The standard InChI is InChI=1S/C15H15N3O2/c1-3-16-15(19)13-5-4-12(20-13)10-6-8-17-14-11(10)7-9-18(14)2/h4-9H,3H2,1-2H3,(H,16,19). The van der Waals surface area contributed by atoms with Crippen LogP contribution < -0.4 is 5.32 Å². The molecule has 0 bridgehead atoms. The van der Waals surface area contributed by atoms with Gasteiger partial charge in [-0.1, -0.05) is 0 Å². The zero-order valence-electron chi connectivity index (χ0n) is 11.4. The van der Waals surface area contributed by atoms with Gasteiger partial charge in [0.1, 0.15) is 11.4 Å². The third-order valence-electron chi connectivity index (χ3n) is 3.20. The first-order chi connectivity index (χ1) is 9.70. The number of amides is 1. The van der Waals surface area contributed by atoms with E-state index >= 15 is 0 Å². The van der Waals surface area contributed by atoms with Gasteiger partial charge in [-0.3, -0.25) is 4.79 Å². The molecular formula is C15H15N3O2. The zero-order chi connectivity index (χ0) is 14.1. The van der Waals surface area contributed by atoms with Gasteiger partial charge in [-0.15, -0.1) is 0 Å². The summed E-state index contributed by atoms with van der Waals surface area (Å²) < 4.78 is 7.60. The minimum Gasteiger partial charge on any atom is -0.451 e. The van der Waals surface area contributed by atoms with Crippen molar-refractivity contribution in [3.8, 4) is 11.3 Å². The van der Waals surface area contributed by atoms with Crippen LogP contribution in [-0.2, 0) is 7.05 Å². The number of hydrogen-bond acceptors (Lipinski definition) is 3. The first-order valence-corrected chi connectivity index (χ1v) is 6.49. The largest absolute Gasteiger partial charge is 0.451 e. The third-order valence-corrected chi connectivity index (χ3v) is 3.20. The highest BCUT2D eigenvalue weighted by Gasteiger charge is 2.14. The second-order valence-electron chi connectivity index (χ2n) is 4.55. The molecule has 5 nitrogen and oxygen atoms in total. The molecule has 0 aromatic carbocycles. The molecule has 0 aliphatic carbocycles. The number of aromatic nitrogens is 2. The smallest absolute Gasteiger partial charge is 0.287 e. The average Bonchev–Trinajstić information content (AvgIpc) is 3.07. The highest BCUT2D eigenvalue weighted by atomic mass is 16.3. The molecule has 0 atom stereocenters. The van der Waals surface area contributed by atoms with Crippen LogP contribution in [0.3, 0.4) is 0 Å². The van der Waals surface area contributed by atoms with Crippen molar-refractivity contribution in [1.82, 2.24) is 14.9 Å². The maximum Gasteiger partial charge on any atom is 0.287 e. The Hall–Kier alpha value is -2.56. The summed E-state index contributed by atoms with van der Waals surface area (Å²) in [6.07, 6.45) is 3.70. The Labute approximate surface area is 116 Å². The lowest BCUT2D eigenvalue weighted by molar-refractivity contribution is 0.0929. The highest BCUT2D eigenvalue weighted by Crippen LogP contribution is 2.29. The number of fused-ring (bicyclic) bond motifs is 1. The van der Waals surface area contributed by atoms with Crippen LogP contribution in [0, 0.1) is 0 Å². The van der Waals surface area contributed by atoms with Gasteiger partial charge in [-0.2, -0.15) is 0 Å². The Morgan fingerprint density at radius 1 is 1.35 bits per heavy atom. The van der Waals surface area contributed by atoms with Crippen molar-refractivity contribution >= 4 is 16.9 Å². The van der Waals surface area contributed by atoms with Crippen molar-refractivity contribution in [2.75, 3.05) is 6.54 Å². The number of nitrogens with one attached hydrogen (secondary N) is 1. The third kappa shape index (κ3) is 1.97. The van der Waals surface area contributed by atoms with Gasteiger partial charge in [0.2, 0.25) is 0 Å². The Morgan fingerprint density at radius 3 is 3.00 bits per heavy atom. The Morgan fingerprint density at radius 2 is 2.20 bits per heavy atom. The minimum absolute atomic E-state index is 0.197. The van der Waals surface area contributed by atoms with Crippen molar-refractivity contribution in [2.24, 2.45) is 7.05 Å². The summed E-state index contributed by atoms with van der Waals surface area (Å²) in [5, 5.41) is 3.73. The lowest BCUT2D eigenvalue weighted by Crippen LogP contribution is -2.21. The van der Waals surface area contributed by atoms with E-state index in [2.05, 4.69) is 10.3 Å². The van der Waals surface area contributed by atoms with Crippen LogP contribution in [0.5, 0.6) is 0 Å². The molecule has 3 heterocycles. The molecule has 5 heteroatoms. The van der Waals surface area contributed by atoms with Crippen molar-refractivity contribution < 1.29 is 9.21 Å². The van der Waals surface area contributed by atoms with Gasteiger partial charge < -0.3 is 14.3 Å². The molecule has 3 aromatic rings. The summed E-state index contributed by atoms with van der Waals surface area (Å²) in [4.78, 5) is 16.1. The Bertz CT molecular complexity index is 770. The monoisotopic (exact) mass is 269 g/mol. The molecule has 0 spiro atoms. The van der Waals surface area contributed by atoms with E-state index in [0.717, 1.165) is 16.6 Å². The number of rotatable bonds is 3. The lowest BCUT2D eigenvalue weighted by Gasteiger charge is -2.01. The molecule has 0 aliphatic rings. The van der Waals surface area contributed by atoms with Crippen LogP contribution >= 0.6 is 0 Å². The van der Waals surface area contributed by atoms with Crippen LogP contribution in [0.15, 0.2) is 41.1 Å². The second-order valence-corrected chi connectivity index (χ2v) is 4.55. The number of nitrogens with zero attached hydrogens (tertiary/aromatic N) is 2. The average molecular weight is 269 g/mol. The topological polar surface area (TPSA) is 60.1 Å². The molecule has 0 saturated heterocycles. The van der Waals surface area contributed by atoms with Gasteiger partial charge in [0, 0.05) is 36.9 Å². The van der Waals surface area contributed by atoms with Crippen molar-refractivity contribution in [1.29, 1.82) is 0 Å². The fourth-order valence-electron chi connectivity index (χ4n) is 2.23. The van der Waals surface area contributed by atoms with E-state index in [0.29, 0.717) is 18.1 Å². The van der Waals surface area contributed by atoms with E-state index in [1.165, 1.54) is 0 Å². The summed E-state index contributed by atoms with van der Waals surface area (Å²) in [5.41, 5.74) is 1.82. The van der Waals surface area contributed by atoms with E-state index in [4.69, 9.17) is 4.42 Å². The second kappa shape index (κ2) is 4.85. The molecule has 3 rings (SSSR count). The summed E-state index contributed by atoms with van der Waals surface area (Å²) in [6, 6.07) is 7.39. The molecule has 102 valence electrons. The zero-order valence-corrected chi connectivity index (χ0v) is 11.4. The Balaban J connectivity index is 2.05. The molecule has 0 saturated carbocycles. The quantitative estimate of drug-likeness (QED) is 0.795. The normalized spacial score (nSPS) is 10.9. The van der Waals surface area contributed by atoms with Gasteiger partial charge in [0.25, 0.3) is 5.91 Å². The van der Waals surface area contributed by atoms with Crippen LogP contribution in [0.1, 0.15) is 17.5 Å². The van der Waals surface area contributed by atoms with E-state index in [-0.39, 0.29) is 5.91 Å². The highest BCUT2D eigenvalue weighted by molar-refractivity contribution is 5.94. The predicted molar refractivity (Wildman–Crippen MR) is 76.4 cm³/mol.